The molecule has 0 fully saturated rings. The molecule has 0 spiro atoms. The number of aromatic nitrogens is 2. The summed E-state index contributed by atoms with van der Waals surface area (Å²) in [5.41, 5.74) is 1.95. The van der Waals surface area contributed by atoms with Crippen molar-refractivity contribution in [2.24, 2.45) is 0 Å². The molecular weight excluding hydrogens is 236 g/mol. The average molecular weight is 246 g/mol. The molecule has 86 valence electrons. The molecule has 0 saturated heterocycles. The molecule has 1 N–H and O–H groups in total. The Bertz CT molecular complexity index is 646. The van der Waals surface area contributed by atoms with Crippen LogP contribution >= 0.6 is 11.5 Å². The standard InChI is InChI=1S/C12H10N2O2S/c1-7-2-3-9-8(4-7)5-10(16-9)12(15)11-6-13-14-17-11/h2-6,12,15H,1H3. The number of aryl methyl sites for hydroxylation is 1. The third-order valence-electron chi connectivity index (χ3n) is 2.61. The Morgan fingerprint density at radius 3 is 3.00 bits per heavy atom. The number of fused-ring (bicyclic) bond motifs is 1. The highest BCUT2D eigenvalue weighted by atomic mass is 32.1. The molecule has 1 unspecified atom stereocenters. The second kappa shape index (κ2) is 3.94. The maximum atomic E-state index is 10.1. The molecule has 4 nitrogen and oxygen atoms in total. The Hall–Kier alpha value is -1.72. The highest BCUT2D eigenvalue weighted by molar-refractivity contribution is 7.05. The van der Waals surface area contributed by atoms with Crippen molar-refractivity contribution in [3.05, 3.63) is 46.7 Å². The Kier molecular flexibility index (Phi) is 2.42. The Labute approximate surface area is 102 Å². The number of rotatable bonds is 2. The topological polar surface area (TPSA) is 59.2 Å². The molecule has 1 atom stereocenters. The average Bonchev–Trinajstić information content (AvgIpc) is 2.96. The normalized spacial score (nSPS) is 13.1. The van der Waals surface area contributed by atoms with Gasteiger partial charge in [-0.3, -0.25) is 0 Å². The van der Waals surface area contributed by atoms with Crippen LogP contribution in [0.3, 0.4) is 0 Å². The minimum Gasteiger partial charge on any atom is -0.458 e. The van der Waals surface area contributed by atoms with Gasteiger partial charge in [0.2, 0.25) is 0 Å². The minimum absolute atomic E-state index is 0.525. The van der Waals surface area contributed by atoms with E-state index < -0.39 is 6.10 Å². The van der Waals surface area contributed by atoms with Crippen molar-refractivity contribution in [2.75, 3.05) is 0 Å². The fourth-order valence-electron chi connectivity index (χ4n) is 1.75. The Balaban J connectivity index is 2.06. The van der Waals surface area contributed by atoms with Crippen molar-refractivity contribution in [1.82, 2.24) is 9.59 Å². The quantitative estimate of drug-likeness (QED) is 0.755. The minimum atomic E-state index is -0.789. The van der Waals surface area contributed by atoms with Gasteiger partial charge in [-0.15, -0.1) is 5.10 Å². The van der Waals surface area contributed by atoms with Gasteiger partial charge in [0, 0.05) is 5.39 Å². The molecule has 0 radical (unpaired) electrons. The number of hydrogen-bond donors (Lipinski definition) is 1. The summed E-state index contributed by atoms with van der Waals surface area (Å²) in [5.74, 6) is 0.525. The van der Waals surface area contributed by atoms with E-state index in [2.05, 4.69) is 9.59 Å². The van der Waals surface area contributed by atoms with Gasteiger partial charge in [0.25, 0.3) is 0 Å². The van der Waals surface area contributed by atoms with Crippen LogP contribution in [0, 0.1) is 6.92 Å². The molecule has 3 aromatic rings. The Morgan fingerprint density at radius 2 is 2.24 bits per heavy atom. The fraction of sp³-hybridized carbons (Fsp3) is 0.167. The summed E-state index contributed by atoms with van der Waals surface area (Å²) in [6.45, 7) is 2.02. The van der Waals surface area contributed by atoms with Crippen molar-refractivity contribution in [1.29, 1.82) is 0 Å². The lowest BCUT2D eigenvalue weighted by molar-refractivity contribution is 0.195. The van der Waals surface area contributed by atoms with Crippen LogP contribution in [0.1, 0.15) is 22.3 Å². The zero-order chi connectivity index (χ0) is 11.8. The van der Waals surface area contributed by atoms with Gasteiger partial charge in [-0.1, -0.05) is 16.1 Å². The summed E-state index contributed by atoms with van der Waals surface area (Å²) in [5, 5.41) is 14.8. The van der Waals surface area contributed by atoms with Crippen LogP contribution in [0.15, 0.2) is 34.9 Å². The summed E-state index contributed by atoms with van der Waals surface area (Å²) >= 11 is 1.17. The van der Waals surface area contributed by atoms with Gasteiger partial charge in [-0.25, -0.2) is 0 Å². The first-order valence-electron chi connectivity index (χ1n) is 5.19. The maximum Gasteiger partial charge on any atom is 0.149 e. The van der Waals surface area contributed by atoms with Crippen LogP contribution in [0.25, 0.3) is 11.0 Å². The second-order valence-corrected chi connectivity index (χ2v) is 4.73. The molecule has 17 heavy (non-hydrogen) atoms. The first-order chi connectivity index (χ1) is 8.24. The zero-order valence-electron chi connectivity index (χ0n) is 9.12. The van der Waals surface area contributed by atoms with Gasteiger partial charge in [-0.2, -0.15) is 0 Å². The van der Waals surface area contributed by atoms with E-state index in [1.165, 1.54) is 17.1 Å². The molecule has 0 saturated carbocycles. The van der Waals surface area contributed by atoms with E-state index in [1.54, 1.807) is 6.20 Å². The smallest absolute Gasteiger partial charge is 0.149 e. The van der Waals surface area contributed by atoms with Crippen molar-refractivity contribution in [3.63, 3.8) is 0 Å². The highest BCUT2D eigenvalue weighted by Crippen LogP contribution is 2.29. The van der Waals surface area contributed by atoms with E-state index in [9.17, 15) is 5.11 Å². The summed E-state index contributed by atoms with van der Waals surface area (Å²) in [7, 11) is 0. The largest absolute Gasteiger partial charge is 0.458 e. The predicted octanol–water partition coefficient (Wildman–Crippen LogP) is 2.67. The van der Waals surface area contributed by atoms with E-state index >= 15 is 0 Å². The molecule has 2 aromatic heterocycles. The van der Waals surface area contributed by atoms with Crippen molar-refractivity contribution < 1.29 is 9.52 Å². The number of aliphatic hydroxyl groups is 1. The summed E-state index contributed by atoms with van der Waals surface area (Å²) < 4.78 is 9.34. The lowest BCUT2D eigenvalue weighted by Gasteiger charge is -2.01. The second-order valence-electron chi connectivity index (χ2n) is 3.91. The van der Waals surface area contributed by atoms with Crippen LogP contribution in [0.5, 0.6) is 0 Å². The van der Waals surface area contributed by atoms with E-state index in [0.29, 0.717) is 10.6 Å². The number of aliphatic hydroxyl groups excluding tert-OH is 1. The van der Waals surface area contributed by atoms with E-state index in [-0.39, 0.29) is 0 Å². The molecule has 0 aliphatic carbocycles. The zero-order valence-corrected chi connectivity index (χ0v) is 9.94. The first kappa shape index (κ1) is 10.4. The first-order valence-corrected chi connectivity index (χ1v) is 5.97. The molecule has 0 aliphatic heterocycles. The highest BCUT2D eigenvalue weighted by Gasteiger charge is 2.17. The van der Waals surface area contributed by atoms with Crippen LogP contribution in [0.4, 0.5) is 0 Å². The van der Waals surface area contributed by atoms with E-state index in [1.807, 2.05) is 31.2 Å². The van der Waals surface area contributed by atoms with Gasteiger partial charge in [-0.05, 0) is 36.7 Å². The molecule has 2 heterocycles. The fourth-order valence-corrected chi connectivity index (χ4v) is 2.25. The SMILES string of the molecule is Cc1ccc2oc(C(O)c3cnns3)cc2c1. The van der Waals surface area contributed by atoms with Crippen LogP contribution in [0.2, 0.25) is 0 Å². The van der Waals surface area contributed by atoms with E-state index in [0.717, 1.165) is 11.0 Å². The molecule has 1 aromatic carbocycles. The molecule has 0 bridgehead atoms. The predicted molar refractivity (Wildman–Crippen MR) is 64.9 cm³/mol. The Morgan fingerprint density at radius 1 is 1.35 bits per heavy atom. The van der Waals surface area contributed by atoms with Crippen LogP contribution < -0.4 is 0 Å². The molecule has 0 amide bonds. The molecular formula is C12H10N2O2S. The summed E-state index contributed by atoms with van der Waals surface area (Å²) in [6.07, 6.45) is 0.760. The third kappa shape index (κ3) is 1.83. The van der Waals surface area contributed by atoms with Gasteiger partial charge in [0.05, 0.1) is 11.1 Å². The number of hydrogen-bond acceptors (Lipinski definition) is 5. The summed E-state index contributed by atoms with van der Waals surface area (Å²) in [4.78, 5) is 0.681. The lowest BCUT2D eigenvalue weighted by atomic mass is 10.1. The van der Waals surface area contributed by atoms with Gasteiger partial charge in [0.15, 0.2) is 0 Å². The van der Waals surface area contributed by atoms with E-state index in [4.69, 9.17) is 4.42 Å². The molecule has 5 heteroatoms. The number of nitrogens with zero attached hydrogens (tertiary/aromatic N) is 2. The third-order valence-corrected chi connectivity index (χ3v) is 3.32. The van der Waals surface area contributed by atoms with Crippen molar-refractivity contribution in [3.8, 4) is 0 Å². The molecule has 0 aliphatic rings. The van der Waals surface area contributed by atoms with Gasteiger partial charge in [0.1, 0.15) is 17.4 Å². The number of benzene rings is 1. The number of furan rings is 1. The van der Waals surface area contributed by atoms with Gasteiger partial charge >= 0.3 is 0 Å². The van der Waals surface area contributed by atoms with Crippen LogP contribution in [-0.2, 0) is 0 Å². The maximum absolute atomic E-state index is 10.1. The lowest BCUT2D eigenvalue weighted by Crippen LogP contribution is -1.94. The molecule has 3 rings (SSSR count). The van der Waals surface area contributed by atoms with Crippen molar-refractivity contribution >= 4 is 22.5 Å². The van der Waals surface area contributed by atoms with Crippen LogP contribution in [-0.4, -0.2) is 14.7 Å². The summed E-state index contributed by atoms with van der Waals surface area (Å²) in [6, 6.07) is 7.77. The monoisotopic (exact) mass is 246 g/mol. The van der Waals surface area contributed by atoms with Crippen molar-refractivity contribution in [2.45, 2.75) is 13.0 Å². The van der Waals surface area contributed by atoms with Gasteiger partial charge < -0.3 is 9.52 Å².